The van der Waals surface area contributed by atoms with Gasteiger partial charge in [-0.1, -0.05) is 19.1 Å². The molecule has 0 radical (unpaired) electrons. The third kappa shape index (κ3) is 4.61. The number of anilines is 1. The largest absolute Gasteiger partial charge is 0.325 e. The molecule has 0 aliphatic carbocycles. The zero-order valence-electron chi connectivity index (χ0n) is 12.4. The van der Waals surface area contributed by atoms with Gasteiger partial charge in [0, 0.05) is 12.2 Å². The van der Waals surface area contributed by atoms with E-state index in [0.717, 1.165) is 23.1 Å². The van der Waals surface area contributed by atoms with Crippen molar-refractivity contribution < 1.29 is 13.2 Å². The molecule has 20 heavy (non-hydrogen) atoms. The van der Waals surface area contributed by atoms with Crippen molar-refractivity contribution in [2.75, 3.05) is 24.7 Å². The molecule has 0 spiro atoms. The lowest BCUT2D eigenvalue weighted by atomic mass is 10.1. The van der Waals surface area contributed by atoms with E-state index in [4.69, 9.17) is 0 Å². The lowest BCUT2D eigenvalue weighted by molar-refractivity contribution is -0.116. The Morgan fingerprint density at radius 2 is 1.95 bits per heavy atom. The summed E-state index contributed by atoms with van der Waals surface area (Å²) in [7, 11) is -3.36. The summed E-state index contributed by atoms with van der Waals surface area (Å²) in [5.74, 6) is -0.322. The Balaban J connectivity index is 2.78. The molecule has 5 nitrogen and oxygen atoms in total. The van der Waals surface area contributed by atoms with Gasteiger partial charge in [-0.3, -0.25) is 4.79 Å². The van der Waals surface area contributed by atoms with Gasteiger partial charge in [-0.15, -0.1) is 0 Å². The molecule has 0 saturated heterocycles. The predicted octanol–water partition coefficient (Wildman–Crippen LogP) is 1.91. The number of sulfonamides is 1. The van der Waals surface area contributed by atoms with Crippen LogP contribution in [0, 0.1) is 13.8 Å². The quantitative estimate of drug-likeness (QED) is 0.872. The fourth-order valence-corrected chi connectivity index (χ4v) is 2.71. The molecule has 0 saturated carbocycles. The molecule has 0 bridgehead atoms. The molecule has 1 aromatic carbocycles. The van der Waals surface area contributed by atoms with Crippen LogP contribution in [0.5, 0.6) is 0 Å². The molecule has 0 atom stereocenters. The predicted molar refractivity (Wildman–Crippen MR) is 81.3 cm³/mol. The first kappa shape index (κ1) is 16.7. The summed E-state index contributed by atoms with van der Waals surface area (Å²) in [5, 5.41) is 2.77. The van der Waals surface area contributed by atoms with Crippen LogP contribution in [0.15, 0.2) is 18.2 Å². The smallest absolute Gasteiger partial charge is 0.239 e. The van der Waals surface area contributed by atoms with Crippen LogP contribution in [0.2, 0.25) is 0 Å². The van der Waals surface area contributed by atoms with Gasteiger partial charge in [-0.2, -0.15) is 4.31 Å². The van der Waals surface area contributed by atoms with E-state index in [-0.39, 0.29) is 12.5 Å². The monoisotopic (exact) mass is 298 g/mol. The molecule has 0 aliphatic heterocycles. The zero-order valence-corrected chi connectivity index (χ0v) is 13.3. The molecular weight excluding hydrogens is 276 g/mol. The fraction of sp³-hybridized carbons (Fsp3) is 0.500. The highest BCUT2D eigenvalue weighted by Gasteiger charge is 2.19. The number of carbonyl (C=O) groups excluding carboxylic acids is 1. The van der Waals surface area contributed by atoms with E-state index in [1.165, 1.54) is 4.31 Å². The van der Waals surface area contributed by atoms with E-state index in [2.05, 4.69) is 5.32 Å². The number of benzene rings is 1. The number of aryl methyl sites for hydroxylation is 1. The number of hydrogen-bond donors (Lipinski definition) is 1. The molecule has 0 heterocycles. The van der Waals surface area contributed by atoms with E-state index in [1.54, 1.807) is 0 Å². The Morgan fingerprint density at radius 3 is 2.50 bits per heavy atom. The minimum absolute atomic E-state index is 0.153. The van der Waals surface area contributed by atoms with Crippen LogP contribution >= 0.6 is 0 Å². The second-order valence-corrected chi connectivity index (χ2v) is 6.87. The number of amides is 1. The van der Waals surface area contributed by atoms with Crippen molar-refractivity contribution in [2.45, 2.75) is 27.2 Å². The minimum atomic E-state index is -3.36. The molecule has 1 rings (SSSR count). The molecule has 112 valence electrons. The molecule has 6 heteroatoms. The molecule has 0 unspecified atom stereocenters. The summed E-state index contributed by atoms with van der Waals surface area (Å²) in [6.45, 7) is 5.95. The standard InChI is InChI=1S/C14H22N2O3S/c1-5-9-16(20(4,18)19)10-14(17)15-13-8-6-7-11(2)12(13)3/h6-8H,5,9-10H2,1-4H3,(H,15,17). The molecule has 1 N–H and O–H groups in total. The average Bonchev–Trinajstić information content (AvgIpc) is 2.33. The van der Waals surface area contributed by atoms with Gasteiger partial charge < -0.3 is 5.32 Å². The SMILES string of the molecule is CCCN(CC(=O)Nc1cccc(C)c1C)S(C)(=O)=O. The summed E-state index contributed by atoms with van der Waals surface area (Å²) >= 11 is 0. The summed E-state index contributed by atoms with van der Waals surface area (Å²) < 4.78 is 24.3. The first-order chi connectivity index (χ1) is 9.25. The Hall–Kier alpha value is -1.40. The van der Waals surface area contributed by atoms with Gasteiger partial charge in [0.05, 0.1) is 12.8 Å². The third-order valence-corrected chi connectivity index (χ3v) is 4.39. The van der Waals surface area contributed by atoms with Gasteiger partial charge in [-0.25, -0.2) is 8.42 Å². The number of hydrogen-bond acceptors (Lipinski definition) is 3. The van der Waals surface area contributed by atoms with Crippen molar-refractivity contribution in [2.24, 2.45) is 0 Å². The van der Waals surface area contributed by atoms with E-state index < -0.39 is 10.0 Å². The average molecular weight is 298 g/mol. The van der Waals surface area contributed by atoms with Crippen molar-refractivity contribution in [1.82, 2.24) is 4.31 Å². The first-order valence-corrected chi connectivity index (χ1v) is 8.41. The molecule has 0 aliphatic rings. The van der Waals surface area contributed by atoms with Crippen molar-refractivity contribution >= 4 is 21.6 Å². The molecule has 1 aromatic rings. The van der Waals surface area contributed by atoms with Gasteiger partial charge in [-0.05, 0) is 37.5 Å². The Labute approximate surface area is 121 Å². The van der Waals surface area contributed by atoms with E-state index in [1.807, 2.05) is 39.0 Å². The second kappa shape index (κ2) is 6.85. The van der Waals surface area contributed by atoms with Gasteiger partial charge >= 0.3 is 0 Å². The van der Waals surface area contributed by atoms with Crippen LogP contribution in [0.25, 0.3) is 0 Å². The van der Waals surface area contributed by atoms with Gasteiger partial charge in [0.25, 0.3) is 0 Å². The number of rotatable bonds is 6. The fourth-order valence-electron chi connectivity index (χ4n) is 1.85. The van der Waals surface area contributed by atoms with Crippen molar-refractivity contribution in [3.63, 3.8) is 0 Å². The van der Waals surface area contributed by atoms with Gasteiger partial charge in [0.15, 0.2) is 0 Å². The van der Waals surface area contributed by atoms with Crippen LogP contribution in [-0.4, -0.2) is 38.0 Å². The molecule has 0 fully saturated rings. The summed E-state index contributed by atoms with van der Waals surface area (Å²) in [6, 6.07) is 5.63. The van der Waals surface area contributed by atoms with E-state index >= 15 is 0 Å². The van der Waals surface area contributed by atoms with Crippen LogP contribution in [0.4, 0.5) is 5.69 Å². The lowest BCUT2D eigenvalue weighted by Crippen LogP contribution is -2.37. The van der Waals surface area contributed by atoms with Crippen LogP contribution in [-0.2, 0) is 14.8 Å². The number of nitrogens with one attached hydrogen (secondary N) is 1. The summed E-state index contributed by atoms with van der Waals surface area (Å²) in [6.07, 6.45) is 1.79. The third-order valence-electron chi connectivity index (χ3n) is 3.14. The van der Waals surface area contributed by atoms with Crippen molar-refractivity contribution in [3.8, 4) is 0 Å². The highest BCUT2D eigenvalue weighted by molar-refractivity contribution is 7.88. The first-order valence-electron chi connectivity index (χ1n) is 6.57. The second-order valence-electron chi connectivity index (χ2n) is 4.89. The highest BCUT2D eigenvalue weighted by Crippen LogP contribution is 2.17. The molecular formula is C14H22N2O3S. The van der Waals surface area contributed by atoms with E-state index in [9.17, 15) is 13.2 Å². The highest BCUT2D eigenvalue weighted by atomic mass is 32.2. The van der Waals surface area contributed by atoms with Crippen LogP contribution in [0.3, 0.4) is 0 Å². The Morgan fingerprint density at radius 1 is 1.30 bits per heavy atom. The summed E-state index contributed by atoms with van der Waals surface area (Å²) in [4.78, 5) is 12.0. The molecule has 1 amide bonds. The maximum absolute atomic E-state index is 12.0. The maximum atomic E-state index is 12.0. The Kier molecular flexibility index (Phi) is 5.71. The van der Waals surface area contributed by atoms with Crippen molar-refractivity contribution in [1.29, 1.82) is 0 Å². The minimum Gasteiger partial charge on any atom is -0.325 e. The normalized spacial score (nSPS) is 11.7. The van der Waals surface area contributed by atoms with E-state index in [0.29, 0.717) is 13.0 Å². The lowest BCUT2D eigenvalue weighted by Gasteiger charge is -2.19. The van der Waals surface area contributed by atoms with Crippen LogP contribution < -0.4 is 5.32 Å². The Bertz CT molecular complexity index is 582. The van der Waals surface area contributed by atoms with Gasteiger partial charge in [0.2, 0.25) is 15.9 Å². The molecule has 0 aromatic heterocycles. The van der Waals surface area contributed by atoms with Crippen LogP contribution in [0.1, 0.15) is 24.5 Å². The topological polar surface area (TPSA) is 66.5 Å². The number of carbonyl (C=O) groups is 1. The summed E-state index contributed by atoms with van der Waals surface area (Å²) in [5.41, 5.74) is 2.79. The van der Waals surface area contributed by atoms with Gasteiger partial charge in [0.1, 0.15) is 0 Å². The number of nitrogens with zero attached hydrogens (tertiary/aromatic N) is 1. The maximum Gasteiger partial charge on any atom is 0.239 e. The zero-order chi connectivity index (χ0) is 15.3. The van der Waals surface area contributed by atoms with Crippen molar-refractivity contribution in [3.05, 3.63) is 29.3 Å².